The molecule has 2 heterocycles. The van der Waals surface area contributed by atoms with Crippen LogP contribution in [-0.2, 0) is 11.3 Å². The van der Waals surface area contributed by atoms with E-state index in [1.54, 1.807) is 0 Å². The Morgan fingerprint density at radius 3 is 2.40 bits per heavy atom. The molecule has 4 rings (SSSR count). The van der Waals surface area contributed by atoms with Crippen LogP contribution in [0.25, 0.3) is 0 Å². The van der Waals surface area contributed by atoms with Crippen LogP contribution in [0.15, 0.2) is 54.6 Å². The molecule has 0 saturated carbocycles. The van der Waals surface area contributed by atoms with Crippen molar-refractivity contribution in [3.63, 3.8) is 0 Å². The Hall–Kier alpha value is -1.84. The van der Waals surface area contributed by atoms with Crippen molar-refractivity contribution in [2.24, 2.45) is 5.41 Å². The van der Waals surface area contributed by atoms with E-state index >= 15 is 0 Å². The highest BCUT2D eigenvalue weighted by Gasteiger charge is 2.54. The van der Waals surface area contributed by atoms with E-state index in [-0.39, 0.29) is 11.3 Å². The summed E-state index contributed by atoms with van der Waals surface area (Å²) in [5.74, 6) is 0.556. The van der Waals surface area contributed by atoms with Gasteiger partial charge < -0.3 is 10.2 Å². The average Bonchev–Trinajstić information content (AvgIpc) is 2.90. The minimum atomic E-state index is -0.270. The molecule has 0 aromatic heterocycles. The van der Waals surface area contributed by atoms with Gasteiger partial charge in [-0.1, -0.05) is 54.1 Å². The highest BCUT2D eigenvalue weighted by atomic mass is 35.5. The average molecular weight is 355 g/mol. The summed E-state index contributed by atoms with van der Waals surface area (Å²) in [7, 11) is 0. The lowest BCUT2D eigenvalue weighted by Gasteiger charge is -2.36. The van der Waals surface area contributed by atoms with E-state index in [0.717, 1.165) is 37.5 Å². The summed E-state index contributed by atoms with van der Waals surface area (Å²) in [4.78, 5) is 15.5. The first kappa shape index (κ1) is 16.6. The number of halogens is 1. The minimum absolute atomic E-state index is 0.239. The number of nitrogens with one attached hydrogen (secondary N) is 1. The van der Waals surface area contributed by atoms with Gasteiger partial charge in [-0.3, -0.25) is 4.79 Å². The Kier molecular flexibility index (Phi) is 4.53. The van der Waals surface area contributed by atoms with Crippen LogP contribution >= 0.6 is 11.6 Å². The summed E-state index contributed by atoms with van der Waals surface area (Å²) in [6.07, 6.45) is 1.81. The largest absolute Gasteiger partial charge is 0.337 e. The lowest BCUT2D eigenvalue weighted by molar-refractivity contribution is -0.138. The second-order valence-electron chi connectivity index (χ2n) is 7.18. The lowest BCUT2D eigenvalue weighted by Crippen LogP contribution is -2.44. The quantitative estimate of drug-likeness (QED) is 0.908. The molecule has 0 radical (unpaired) electrons. The van der Waals surface area contributed by atoms with Crippen molar-refractivity contribution < 1.29 is 4.79 Å². The van der Waals surface area contributed by atoms with Gasteiger partial charge >= 0.3 is 0 Å². The summed E-state index contributed by atoms with van der Waals surface area (Å²) in [5.41, 5.74) is 2.15. The Labute approximate surface area is 154 Å². The zero-order chi connectivity index (χ0) is 17.3. The number of carbonyl (C=O) groups excluding carboxylic acids is 1. The van der Waals surface area contributed by atoms with E-state index in [9.17, 15) is 4.79 Å². The van der Waals surface area contributed by atoms with E-state index in [4.69, 9.17) is 11.6 Å². The molecule has 2 saturated heterocycles. The molecule has 130 valence electrons. The highest BCUT2D eigenvalue weighted by molar-refractivity contribution is 6.30. The smallest absolute Gasteiger partial charge is 0.229 e. The molecule has 0 aliphatic carbocycles. The zero-order valence-electron chi connectivity index (χ0n) is 14.2. The van der Waals surface area contributed by atoms with Gasteiger partial charge in [0.15, 0.2) is 0 Å². The summed E-state index contributed by atoms with van der Waals surface area (Å²) in [6.45, 7) is 3.30. The fraction of sp³-hybridized carbons (Fsp3) is 0.381. The Bertz CT molecular complexity index is 738. The van der Waals surface area contributed by atoms with Crippen molar-refractivity contribution >= 4 is 17.5 Å². The van der Waals surface area contributed by atoms with Gasteiger partial charge in [-0.25, -0.2) is 0 Å². The number of amides is 1. The third kappa shape index (κ3) is 3.07. The molecule has 1 atom stereocenters. The number of piperidine rings is 1. The molecule has 1 unspecified atom stereocenters. The first-order valence-electron chi connectivity index (χ1n) is 8.98. The van der Waals surface area contributed by atoms with Gasteiger partial charge in [-0.15, -0.1) is 0 Å². The van der Waals surface area contributed by atoms with Gasteiger partial charge in [0.25, 0.3) is 0 Å². The van der Waals surface area contributed by atoms with Crippen LogP contribution in [-0.4, -0.2) is 30.4 Å². The maximum absolute atomic E-state index is 13.4. The zero-order valence-corrected chi connectivity index (χ0v) is 15.0. The summed E-state index contributed by atoms with van der Waals surface area (Å²) in [6, 6.07) is 18.3. The van der Waals surface area contributed by atoms with Crippen LogP contribution in [0.3, 0.4) is 0 Å². The van der Waals surface area contributed by atoms with E-state index in [0.29, 0.717) is 12.5 Å². The van der Waals surface area contributed by atoms with Crippen molar-refractivity contribution in [2.75, 3.05) is 19.6 Å². The molecule has 1 amide bonds. The van der Waals surface area contributed by atoms with Gasteiger partial charge in [-0.2, -0.15) is 0 Å². The number of nitrogens with zero attached hydrogens (tertiary/aromatic N) is 1. The molecule has 1 spiro atoms. The van der Waals surface area contributed by atoms with Crippen LogP contribution < -0.4 is 5.32 Å². The first-order valence-corrected chi connectivity index (χ1v) is 9.36. The molecular weight excluding hydrogens is 332 g/mol. The number of hydrogen-bond donors (Lipinski definition) is 1. The van der Waals surface area contributed by atoms with Gasteiger partial charge in [0, 0.05) is 24.0 Å². The van der Waals surface area contributed by atoms with Gasteiger partial charge in [0.1, 0.15) is 0 Å². The Morgan fingerprint density at radius 1 is 1.04 bits per heavy atom. The van der Waals surface area contributed by atoms with E-state index in [1.165, 1.54) is 11.1 Å². The molecule has 3 nitrogen and oxygen atoms in total. The number of benzene rings is 2. The molecular formula is C21H23ClN2O. The van der Waals surface area contributed by atoms with Crippen molar-refractivity contribution in [3.05, 3.63) is 70.7 Å². The first-order chi connectivity index (χ1) is 12.2. The molecule has 2 aliphatic heterocycles. The molecule has 25 heavy (non-hydrogen) atoms. The summed E-state index contributed by atoms with van der Waals surface area (Å²) >= 11 is 6.07. The van der Waals surface area contributed by atoms with Crippen molar-refractivity contribution in [1.82, 2.24) is 10.2 Å². The standard InChI is InChI=1S/C21H23ClN2O/c22-18-8-6-17(7-9-18)19-15-24(14-16-4-2-1-3-5-16)20(25)21(19)10-12-23-13-11-21/h1-9,19,23H,10-15H2. The monoisotopic (exact) mass is 354 g/mol. The number of hydrogen-bond acceptors (Lipinski definition) is 2. The maximum atomic E-state index is 13.4. The minimum Gasteiger partial charge on any atom is -0.337 e. The number of rotatable bonds is 3. The van der Waals surface area contributed by atoms with Crippen molar-refractivity contribution in [1.29, 1.82) is 0 Å². The molecule has 2 fully saturated rings. The molecule has 4 heteroatoms. The number of carbonyl (C=O) groups is 1. The van der Waals surface area contributed by atoms with Gasteiger partial charge in [-0.05, 0) is 49.2 Å². The van der Waals surface area contributed by atoms with E-state index < -0.39 is 0 Å². The van der Waals surface area contributed by atoms with Crippen LogP contribution in [0.4, 0.5) is 0 Å². The second kappa shape index (κ2) is 6.81. The van der Waals surface area contributed by atoms with Crippen LogP contribution in [0, 0.1) is 5.41 Å². The fourth-order valence-corrected chi connectivity index (χ4v) is 4.56. The molecule has 1 N–H and O–H groups in total. The predicted octanol–water partition coefficient (Wildman–Crippen LogP) is 3.84. The maximum Gasteiger partial charge on any atom is 0.229 e. The van der Waals surface area contributed by atoms with Gasteiger partial charge in [0.2, 0.25) is 5.91 Å². The lowest BCUT2D eigenvalue weighted by atomic mass is 9.68. The fourth-order valence-electron chi connectivity index (χ4n) is 4.44. The van der Waals surface area contributed by atoms with Gasteiger partial charge in [0.05, 0.1) is 5.41 Å². The second-order valence-corrected chi connectivity index (χ2v) is 7.62. The topological polar surface area (TPSA) is 32.3 Å². The Morgan fingerprint density at radius 2 is 1.72 bits per heavy atom. The molecule has 2 aromatic rings. The third-order valence-electron chi connectivity index (χ3n) is 5.77. The molecule has 2 aliphatic rings. The van der Waals surface area contributed by atoms with E-state index in [1.807, 2.05) is 30.3 Å². The van der Waals surface area contributed by atoms with Crippen LogP contribution in [0.5, 0.6) is 0 Å². The molecule has 2 aromatic carbocycles. The highest BCUT2D eigenvalue weighted by Crippen LogP contribution is 2.50. The SMILES string of the molecule is O=C1N(Cc2ccccc2)CC(c2ccc(Cl)cc2)C12CCNCC2. The van der Waals surface area contributed by atoms with E-state index in [2.05, 4.69) is 34.5 Å². The normalized spacial score (nSPS) is 22.5. The number of likely N-dealkylation sites (tertiary alicyclic amines) is 1. The molecule has 0 bridgehead atoms. The predicted molar refractivity (Wildman–Crippen MR) is 101 cm³/mol. The summed E-state index contributed by atoms with van der Waals surface area (Å²) in [5, 5.41) is 4.15. The van der Waals surface area contributed by atoms with Crippen molar-refractivity contribution in [2.45, 2.75) is 25.3 Å². The van der Waals surface area contributed by atoms with Crippen LogP contribution in [0.1, 0.15) is 29.9 Å². The Balaban J connectivity index is 1.66. The van der Waals surface area contributed by atoms with Crippen LogP contribution in [0.2, 0.25) is 5.02 Å². The third-order valence-corrected chi connectivity index (χ3v) is 6.02. The summed E-state index contributed by atoms with van der Waals surface area (Å²) < 4.78 is 0. The van der Waals surface area contributed by atoms with Crippen molar-refractivity contribution in [3.8, 4) is 0 Å².